The summed E-state index contributed by atoms with van der Waals surface area (Å²) in [5.41, 5.74) is 2.55. The molecule has 1 aliphatic heterocycles. The minimum absolute atomic E-state index is 0.0176. The Morgan fingerprint density at radius 2 is 1.76 bits per heavy atom. The zero-order valence-corrected chi connectivity index (χ0v) is 20.4. The lowest BCUT2D eigenvalue weighted by atomic mass is 9.74. The summed E-state index contributed by atoms with van der Waals surface area (Å²) in [6.45, 7) is 8.82. The Morgan fingerprint density at radius 3 is 2.42 bits per heavy atom. The lowest BCUT2D eigenvalue weighted by Crippen LogP contribution is -2.57. The highest BCUT2D eigenvalue weighted by molar-refractivity contribution is 6.32. The first-order chi connectivity index (χ1) is 15.6. The van der Waals surface area contributed by atoms with Gasteiger partial charge in [-0.2, -0.15) is 0 Å². The number of pyridine rings is 1. The van der Waals surface area contributed by atoms with Crippen molar-refractivity contribution < 1.29 is 9.53 Å². The molecule has 1 aromatic heterocycles. The molecule has 0 amide bonds. The molecule has 0 unspecified atom stereocenters. The van der Waals surface area contributed by atoms with Crippen LogP contribution in [0.1, 0.15) is 57.3 Å². The highest BCUT2D eigenvalue weighted by Gasteiger charge is 2.38. The molecule has 33 heavy (non-hydrogen) atoms. The molecule has 1 fully saturated rings. The fraction of sp³-hybridized carbons (Fsp3) is 0.357. The predicted octanol–water partition coefficient (Wildman–Crippen LogP) is 7.32. The molecule has 1 aliphatic rings. The van der Waals surface area contributed by atoms with Gasteiger partial charge in [-0.25, -0.2) is 0 Å². The van der Waals surface area contributed by atoms with E-state index in [9.17, 15) is 4.79 Å². The number of benzene rings is 2. The third-order valence-corrected chi connectivity index (χ3v) is 6.38. The van der Waals surface area contributed by atoms with Crippen LogP contribution in [0.2, 0.25) is 5.02 Å². The first kappa shape index (κ1) is 23.5. The van der Waals surface area contributed by atoms with E-state index in [0.29, 0.717) is 34.4 Å². The van der Waals surface area contributed by atoms with Crippen molar-refractivity contribution in [3.63, 3.8) is 0 Å². The Bertz CT molecular complexity index is 1130. The topological polar surface area (TPSA) is 51.2 Å². The van der Waals surface area contributed by atoms with Crippen molar-refractivity contribution in [1.82, 2.24) is 10.3 Å². The smallest absolute Gasteiger partial charge is 0.163 e. The predicted molar refractivity (Wildman–Crippen MR) is 134 cm³/mol. The Balaban J connectivity index is 1.50. The molecule has 0 atom stereocenters. The molecule has 0 bridgehead atoms. The maximum absolute atomic E-state index is 13.1. The average Bonchev–Trinajstić information content (AvgIpc) is 2.74. The number of carbonyl (C=O) groups is 1. The molecule has 0 aliphatic carbocycles. The Kier molecular flexibility index (Phi) is 6.60. The van der Waals surface area contributed by atoms with Gasteiger partial charge in [-0.1, -0.05) is 35.9 Å². The number of rotatable bonds is 6. The van der Waals surface area contributed by atoms with Gasteiger partial charge < -0.3 is 10.1 Å². The zero-order valence-electron chi connectivity index (χ0n) is 19.7. The van der Waals surface area contributed by atoms with E-state index in [1.165, 1.54) is 0 Å². The van der Waals surface area contributed by atoms with E-state index in [1.54, 1.807) is 24.5 Å². The Morgan fingerprint density at radius 1 is 1.03 bits per heavy atom. The lowest BCUT2D eigenvalue weighted by molar-refractivity contribution is 0.0864. The maximum Gasteiger partial charge on any atom is 0.163 e. The number of nitrogens with one attached hydrogen (secondary N) is 1. The molecule has 0 spiro atoms. The van der Waals surface area contributed by atoms with Gasteiger partial charge in [0.25, 0.3) is 0 Å². The van der Waals surface area contributed by atoms with Crippen molar-refractivity contribution in [3.05, 3.63) is 77.6 Å². The second kappa shape index (κ2) is 9.28. The van der Waals surface area contributed by atoms with E-state index in [-0.39, 0.29) is 16.9 Å². The van der Waals surface area contributed by atoms with E-state index in [1.807, 2.05) is 42.5 Å². The van der Waals surface area contributed by atoms with Crippen LogP contribution in [-0.4, -0.2) is 21.8 Å². The van der Waals surface area contributed by atoms with Crippen LogP contribution in [0, 0.1) is 5.92 Å². The molecule has 1 saturated heterocycles. The van der Waals surface area contributed by atoms with Crippen LogP contribution >= 0.6 is 11.6 Å². The van der Waals surface area contributed by atoms with Crippen LogP contribution in [0.5, 0.6) is 11.5 Å². The molecule has 4 rings (SSSR count). The second-order valence-electron chi connectivity index (χ2n) is 10.3. The summed E-state index contributed by atoms with van der Waals surface area (Å²) in [6.07, 6.45) is 6.01. The van der Waals surface area contributed by atoms with Gasteiger partial charge in [0.2, 0.25) is 0 Å². The number of nitrogens with zero attached hydrogens (tertiary/aromatic N) is 1. The number of hydrogen-bond acceptors (Lipinski definition) is 4. The van der Waals surface area contributed by atoms with Crippen molar-refractivity contribution in [1.29, 1.82) is 0 Å². The summed E-state index contributed by atoms with van der Waals surface area (Å²) in [5.74, 6) is 1.67. The molecule has 4 nitrogen and oxygen atoms in total. The van der Waals surface area contributed by atoms with Gasteiger partial charge in [0.1, 0.15) is 11.5 Å². The van der Waals surface area contributed by atoms with E-state index < -0.39 is 0 Å². The second-order valence-corrected chi connectivity index (χ2v) is 10.7. The van der Waals surface area contributed by atoms with Gasteiger partial charge in [0.15, 0.2) is 5.78 Å². The summed E-state index contributed by atoms with van der Waals surface area (Å²) in [6, 6.07) is 17.0. The summed E-state index contributed by atoms with van der Waals surface area (Å²) in [7, 11) is 0. The molecular formula is C28H31ClN2O2. The number of aromatic nitrogens is 1. The van der Waals surface area contributed by atoms with Gasteiger partial charge in [-0.05, 0) is 76.8 Å². The van der Waals surface area contributed by atoms with Crippen molar-refractivity contribution in [2.75, 3.05) is 0 Å². The zero-order chi connectivity index (χ0) is 23.6. The Hall–Kier alpha value is -2.69. The van der Waals surface area contributed by atoms with Crippen molar-refractivity contribution in [2.45, 2.75) is 58.0 Å². The van der Waals surface area contributed by atoms with Gasteiger partial charge in [-0.3, -0.25) is 9.78 Å². The number of piperidine rings is 1. The van der Waals surface area contributed by atoms with Crippen LogP contribution in [0.4, 0.5) is 0 Å². The monoisotopic (exact) mass is 462 g/mol. The molecule has 0 saturated carbocycles. The van der Waals surface area contributed by atoms with E-state index in [0.717, 1.165) is 24.0 Å². The number of para-hydroxylation sites is 1. The molecule has 0 radical (unpaired) electrons. The molecule has 172 valence electrons. The van der Waals surface area contributed by atoms with Crippen LogP contribution in [-0.2, 0) is 0 Å². The largest absolute Gasteiger partial charge is 0.455 e. The maximum atomic E-state index is 13.1. The normalized spacial score (nSPS) is 17.5. The van der Waals surface area contributed by atoms with Crippen molar-refractivity contribution in [2.24, 2.45) is 5.92 Å². The number of carbonyl (C=O) groups excluding carboxylic acids is 1. The minimum atomic E-state index is 0.0176. The van der Waals surface area contributed by atoms with E-state index in [2.05, 4.69) is 38.0 Å². The van der Waals surface area contributed by atoms with Crippen molar-refractivity contribution >= 4 is 17.4 Å². The van der Waals surface area contributed by atoms with Gasteiger partial charge in [-0.15, -0.1) is 0 Å². The highest BCUT2D eigenvalue weighted by atomic mass is 35.5. The third-order valence-electron chi connectivity index (χ3n) is 6.08. The average molecular weight is 463 g/mol. The first-order valence-corrected chi connectivity index (χ1v) is 11.8. The van der Waals surface area contributed by atoms with Crippen LogP contribution in [0.25, 0.3) is 11.1 Å². The van der Waals surface area contributed by atoms with Crippen LogP contribution < -0.4 is 10.1 Å². The lowest BCUT2D eigenvalue weighted by Gasteiger charge is -2.46. The Labute approximate surface area is 201 Å². The first-order valence-electron chi connectivity index (χ1n) is 11.4. The summed E-state index contributed by atoms with van der Waals surface area (Å²) in [5, 5.41) is 4.10. The SMILES string of the molecule is CC1(C)CC(CC(=O)c2ccc(Oc3ccccc3-c3cccnc3)c(Cl)c2)CC(C)(C)N1. The molecule has 3 aromatic rings. The number of ether oxygens (including phenoxy) is 1. The fourth-order valence-corrected chi connectivity index (χ4v) is 5.47. The van der Waals surface area contributed by atoms with Gasteiger partial charge >= 0.3 is 0 Å². The van der Waals surface area contributed by atoms with Crippen molar-refractivity contribution in [3.8, 4) is 22.6 Å². The van der Waals surface area contributed by atoms with E-state index >= 15 is 0 Å². The van der Waals surface area contributed by atoms with Gasteiger partial charge in [0.05, 0.1) is 5.02 Å². The van der Waals surface area contributed by atoms with Crippen LogP contribution in [0.3, 0.4) is 0 Å². The summed E-state index contributed by atoms with van der Waals surface area (Å²) in [4.78, 5) is 17.3. The number of halogens is 1. The number of Topliss-reactive ketones (excluding diaryl/α,β-unsaturated/α-hetero) is 1. The number of hydrogen-bond donors (Lipinski definition) is 1. The third kappa shape index (κ3) is 5.82. The fourth-order valence-electron chi connectivity index (χ4n) is 5.25. The standard InChI is InChI=1S/C28H31ClN2O2/c1-27(2)16-19(17-28(3,4)31-27)14-24(32)20-11-12-26(23(29)15-20)33-25-10-6-5-9-22(25)21-8-7-13-30-18-21/h5-13,15,18-19,31H,14,16-17H2,1-4H3. The molecule has 5 heteroatoms. The molecule has 1 N–H and O–H groups in total. The molecule has 2 aromatic carbocycles. The minimum Gasteiger partial charge on any atom is -0.455 e. The highest BCUT2D eigenvalue weighted by Crippen LogP contribution is 2.38. The summed E-state index contributed by atoms with van der Waals surface area (Å²) >= 11 is 6.56. The van der Waals surface area contributed by atoms with Crippen LogP contribution in [0.15, 0.2) is 67.0 Å². The summed E-state index contributed by atoms with van der Waals surface area (Å²) < 4.78 is 6.15. The quantitative estimate of drug-likeness (QED) is 0.390. The van der Waals surface area contributed by atoms with E-state index in [4.69, 9.17) is 16.3 Å². The molecule has 2 heterocycles. The number of ketones is 1. The molecular weight excluding hydrogens is 432 g/mol. The van der Waals surface area contributed by atoms with Gasteiger partial charge in [0, 0.05) is 46.6 Å².